The largest absolute Gasteiger partial charge is 0.320 e. The van der Waals surface area contributed by atoms with Crippen molar-refractivity contribution in [2.75, 3.05) is 5.32 Å². The molecule has 0 aliphatic rings. The molecule has 2 aromatic carbocycles. The van der Waals surface area contributed by atoms with Crippen LogP contribution in [0.15, 0.2) is 59.4 Å². The summed E-state index contributed by atoms with van der Waals surface area (Å²) in [5.41, 5.74) is 3.13. The average molecular weight is 363 g/mol. The highest BCUT2D eigenvalue weighted by Gasteiger charge is 2.30. The van der Waals surface area contributed by atoms with Crippen molar-refractivity contribution in [3.8, 4) is 11.4 Å². The Bertz CT molecular complexity index is 1040. The number of para-hydroxylation sites is 1. The summed E-state index contributed by atoms with van der Waals surface area (Å²) in [4.78, 5) is 25.2. The van der Waals surface area contributed by atoms with E-state index in [0.29, 0.717) is 5.69 Å². The first kappa shape index (κ1) is 18.7. The number of hydrogen-bond donors (Lipinski definition) is 1. The topological polar surface area (TPSA) is 56.0 Å². The van der Waals surface area contributed by atoms with Crippen molar-refractivity contribution < 1.29 is 4.79 Å². The Labute approximate surface area is 159 Å². The number of nitrogens with zero attached hydrogens (tertiary/aromatic N) is 2. The Morgan fingerprint density at radius 1 is 0.926 bits per heavy atom. The van der Waals surface area contributed by atoms with Gasteiger partial charge in [-0.25, -0.2) is 9.36 Å². The molecule has 5 nitrogen and oxygen atoms in total. The molecule has 3 aromatic rings. The normalized spacial score (nSPS) is 11.4. The molecule has 0 radical (unpaired) electrons. The van der Waals surface area contributed by atoms with Crippen LogP contribution in [0.5, 0.6) is 0 Å². The van der Waals surface area contributed by atoms with E-state index in [1.54, 1.807) is 4.68 Å². The third kappa shape index (κ3) is 3.58. The predicted molar refractivity (Wildman–Crippen MR) is 109 cm³/mol. The van der Waals surface area contributed by atoms with E-state index in [2.05, 4.69) is 5.32 Å². The lowest BCUT2D eigenvalue weighted by molar-refractivity contribution is -0.114. The van der Waals surface area contributed by atoms with Crippen molar-refractivity contribution in [3.63, 3.8) is 0 Å². The van der Waals surface area contributed by atoms with E-state index in [0.717, 1.165) is 22.6 Å². The van der Waals surface area contributed by atoms with Crippen LogP contribution in [0.25, 0.3) is 11.4 Å². The molecule has 140 valence electrons. The average Bonchev–Trinajstić information content (AvgIpc) is 2.88. The zero-order valence-electron chi connectivity index (χ0n) is 16.4. The van der Waals surface area contributed by atoms with Gasteiger partial charge in [0.15, 0.2) is 0 Å². The summed E-state index contributed by atoms with van der Waals surface area (Å²) in [6, 6.07) is 17.5. The van der Waals surface area contributed by atoms with E-state index in [1.165, 1.54) is 6.92 Å². The van der Waals surface area contributed by atoms with Gasteiger partial charge in [0.2, 0.25) is 5.91 Å². The molecule has 0 aliphatic heterocycles. The van der Waals surface area contributed by atoms with E-state index in [1.807, 2.05) is 87.0 Å². The summed E-state index contributed by atoms with van der Waals surface area (Å²) in [7, 11) is 0. The van der Waals surface area contributed by atoms with Gasteiger partial charge in [0.1, 0.15) is 5.69 Å². The molecule has 0 saturated heterocycles. The zero-order valence-corrected chi connectivity index (χ0v) is 16.4. The minimum atomic E-state index is -0.373. The minimum Gasteiger partial charge on any atom is -0.320 e. The number of carbonyl (C=O) groups is 1. The van der Waals surface area contributed by atoms with Gasteiger partial charge in [-0.05, 0) is 36.8 Å². The third-order valence-corrected chi connectivity index (χ3v) is 4.31. The zero-order chi connectivity index (χ0) is 19.8. The number of benzene rings is 2. The molecule has 0 atom stereocenters. The molecule has 0 bridgehead atoms. The number of rotatable bonds is 3. The van der Waals surface area contributed by atoms with Crippen LogP contribution in [0.1, 0.15) is 39.0 Å². The number of aryl methyl sites for hydroxylation is 1. The maximum atomic E-state index is 13.4. The van der Waals surface area contributed by atoms with E-state index >= 15 is 0 Å². The molecule has 0 fully saturated rings. The van der Waals surface area contributed by atoms with Crippen LogP contribution in [0.3, 0.4) is 0 Å². The molecule has 5 heteroatoms. The van der Waals surface area contributed by atoms with Crippen LogP contribution in [-0.4, -0.2) is 15.3 Å². The van der Waals surface area contributed by atoms with Crippen LogP contribution in [0, 0.1) is 6.92 Å². The van der Waals surface area contributed by atoms with Gasteiger partial charge in [-0.2, -0.15) is 0 Å². The number of amides is 1. The summed E-state index contributed by atoms with van der Waals surface area (Å²) >= 11 is 0. The van der Waals surface area contributed by atoms with Crippen LogP contribution in [0.2, 0.25) is 0 Å². The highest BCUT2D eigenvalue weighted by molar-refractivity contribution is 5.89. The molecular weight excluding hydrogens is 338 g/mol. The molecule has 27 heavy (non-hydrogen) atoms. The fraction of sp³-hybridized carbons (Fsp3) is 0.273. The smallest absolute Gasteiger partial charge is 0.295 e. The van der Waals surface area contributed by atoms with E-state index < -0.39 is 0 Å². The predicted octanol–water partition coefficient (Wildman–Crippen LogP) is 4.19. The lowest BCUT2D eigenvalue weighted by atomic mass is 9.90. The van der Waals surface area contributed by atoms with Crippen LogP contribution in [0.4, 0.5) is 5.69 Å². The van der Waals surface area contributed by atoms with Crippen LogP contribution in [-0.2, 0) is 10.2 Å². The maximum absolute atomic E-state index is 13.4. The lowest BCUT2D eigenvalue weighted by Crippen LogP contribution is -2.23. The van der Waals surface area contributed by atoms with Crippen molar-refractivity contribution >= 4 is 11.6 Å². The van der Waals surface area contributed by atoms with Crippen molar-refractivity contribution in [2.24, 2.45) is 0 Å². The number of nitrogens with one attached hydrogen (secondary N) is 1. The number of anilines is 1. The second kappa shape index (κ2) is 6.91. The second-order valence-corrected chi connectivity index (χ2v) is 7.76. The Morgan fingerprint density at radius 3 is 2.11 bits per heavy atom. The fourth-order valence-corrected chi connectivity index (χ4v) is 3.29. The molecule has 3 rings (SSSR count). The fourth-order valence-electron chi connectivity index (χ4n) is 3.29. The Hall–Kier alpha value is -3.08. The quantitative estimate of drug-likeness (QED) is 0.758. The summed E-state index contributed by atoms with van der Waals surface area (Å²) < 4.78 is 3.54. The van der Waals surface area contributed by atoms with E-state index in [4.69, 9.17) is 0 Å². The highest BCUT2D eigenvalue weighted by atomic mass is 16.2. The SMILES string of the molecule is CC(=O)Nc1c(C(C)(C)C)n(-c2ccccc2)n(-c2cccc(C)c2)c1=O. The van der Waals surface area contributed by atoms with Gasteiger partial charge in [0.25, 0.3) is 5.56 Å². The van der Waals surface area contributed by atoms with Crippen molar-refractivity contribution in [1.82, 2.24) is 9.36 Å². The van der Waals surface area contributed by atoms with E-state index in [9.17, 15) is 9.59 Å². The van der Waals surface area contributed by atoms with Gasteiger partial charge in [-0.15, -0.1) is 0 Å². The van der Waals surface area contributed by atoms with Gasteiger partial charge < -0.3 is 5.32 Å². The molecule has 0 saturated carbocycles. The first-order chi connectivity index (χ1) is 12.7. The standard InChI is InChI=1S/C22H25N3O2/c1-15-10-9-13-18(14-15)25-21(27)19(23-16(2)26)20(22(3,4)5)24(25)17-11-7-6-8-12-17/h6-14H,1-5H3,(H,23,26). The highest BCUT2D eigenvalue weighted by Crippen LogP contribution is 2.31. The number of aromatic nitrogens is 2. The number of hydrogen-bond acceptors (Lipinski definition) is 2. The summed E-state index contributed by atoms with van der Waals surface area (Å²) in [6.45, 7) is 9.51. The number of carbonyl (C=O) groups excluding carboxylic acids is 1. The minimum absolute atomic E-state index is 0.246. The van der Waals surface area contributed by atoms with Crippen molar-refractivity contribution in [2.45, 2.75) is 40.0 Å². The van der Waals surface area contributed by atoms with Gasteiger partial charge in [-0.1, -0.05) is 51.1 Å². The molecule has 0 unspecified atom stereocenters. The van der Waals surface area contributed by atoms with Crippen LogP contribution < -0.4 is 10.9 Å². The Morgan fingerprint density at radius 2 is 1.56 bits per heavy atom. The molecule has 0 aliphatic carbocycles. The van der Waals surface area contributed by atoms with Crippen LogP contribution >= 0.6 is 0 Å². The van der Waals surface area contributed by atoms with Crippen molar-refractivity contribution in [3.05, 3.63) is 76.2 Å². The summed E-state index contributed by atoms with van der Waals surface area (Å²) in [5, 5.41) is 2.77. The van der Waals surface area contributed by atoms with Crippen molar-refractivity contribution in [1.29, 1.82) is 0 Å². The van der Waals surface area contributed by atoms with E-state index in [-0.39, 0.29) is 16.9 Å². The summed E-state index contributed by atoms with van der Waals surface area (Å²) in [5.74, 6) is -0.265. The maximum Gasteiger partial charge on any atom is 0.295 e. The van der Waals surface area contributed by atoms with Gasteiger partial charge in [0.05, 0.1) is 17.1 Å². The third-order valence-electron chi connectivity index (χ3n) is 4.31. The molecule has 0 spiro atoms. The monoisotopic (exact) mass is 363 g/mol. The molecule has 1 aromatic heterocycles. The molecule has 1 heterocycles. The molecule has 1 N–H and O–H groups in total. The second-order valence-electron chi connectivity index (χ2n) is 7.76. The molecular formula is C22H25N3O2. The molecule has 1 amide bonds. The Balaban J connectivity index is 2.47. The van der Waals surface area contributed by atoms with Gasteiger partial charge in [0, 0.05) is 12.3 Å². The van der Waals surface area contributed by atoms with Gasteiger partial charge in [-0.3, -0.25) is 9.59 Å². The first-order valence-electron chi connectivity index (χ1n) is 8.98. The van der Waals surface area contributed by atoms with Gasteiger partial charge >= 0.3 is 0 Å². The Kier molecular flexibility index (Phi) is 4.79. The first-order valence-corrected chi connectivity index (χ1v) is 8.98. The summed E-state index contributed by atoms with van der Waals surface area (Å²) in [6.07, 6.45) is 0. The lowest BCUT2D eigenvalue weighted by Gasteiger charge is -2.24.